The lowest BCUT2D eigenvalue weighted by Crippen LogP contribution is -2.46. The first-order chi connectivity index (χ1) is 10.2. The molecule has 22 heavy (non-hydrogen) atoms. The Bertz CT molecular complexity index is 559. The van der Waals surface area contributed by atoms with Crippen molar-refractivity contribution in [2.24, 2.45) is 5.41 Å². The zero-order chi connectivity index (χ0) is 16.9. The van der Waals surface area contributed by atoms with Gasteiger partial charge in [0.1, 0.15) is 5.41 Å². The fraction of sp³-hybridized carbons (Fsp3) is 0.500. The Balaban J connectivity index is 2.86. The lowest BCUT2D eigenvalue weighted by molar-refractivity contribution is -0.145. The molecule has 1 aromatic carbocycles. The molecule has 1 rings (SSSR count). The van der Waals surface area contributed by atoms with Crippen LogP contribution in [0.3, 0.4) is 0 Å². The summed E-state index contributed by atoms with van der Waals surface area (Å²) in [5, 5.41) is 3.29. The first-order valence-corrected chi connectivity index (χ1v) is 7.98. The number of anilines is 1. The molecule has 0 aliphatic rings. The van der Waals surface area contributed by atoms with Crippen molar-refractivity contribution in [3.05, 3.63) is 28.2 Å². The highest BCUT2D eigenvalue weighted by atomic mass is 35.5. The molecular weight excluding hydrogens is 323 g/mol. The first kappa shape index (κ1) is 18.8. The Labute approximate surface area is 141 Å². The summed E-state index contributed by atoms with van der Waals surface area (Å²) < 4.78 is 0. The Morgan fingerprint density at radius 2 is 1.91 bits per heavy atom. The molecule has 0 fully saturated rings. The maximum atomic E-state index is 12.5. The van der Waals surface area contributed by atoms with Crippen molar-refractivity contribution in [2.75, 3.05) is 18.9 Å². The zero-order valence-electron chi connectivity index (χ0n) is 13.4. The Kier molecular flexibility index (Phi) is 6.69. The van der Waals surface area contributed by atoms with Gasteiger partial charge in [-0.2, -0.15) is 0 Å². The molecule has 0 aromatic heterocycles. The number of nitrogens with zero attached hydrogens (tertiary/aromatic N) is 1. The van der Waals surface area contributed by atoms with Crippen LogP contribution < -0.4 is 5.32 Å². The molecule has 0 saturated heterocycles. The van der Waals surface area contributed by atoms with Gasteiger partial charge in [0.2, 0.25) is 11.8 Å². The van der Waals surface area contributed by atoms with Crippen LogP contribution in [-0.4, -0.2) is 30.3 Å². The number of rotatable bonds is 6. The molecule has 1 N–H and O–H groups in total. The molecule has 6 heteroatoms. The predicted molar refractivity (Wildman–Crippen MR) is 91.4 cm³/mol. The number of hydrogen-bond acceptors (Lipinski definition) is 2. The smallest absolute Gasteiger partial charge is 0.239 e. The van der Waals surface area contributed by atoms with Gasteiger partial charge in [0.15, 0.2) is 0 Å². The molecule has 4 nitrogen and oxygen atoms in total. The molecule has 0 heterocycles. The molecule has 2 amide bonds. The number of halogens is 2. The van der Waals surface area contributed by atoms with Gasteiger partial charge in [0, 0.05) is 13.6 Å². The van der Waals surface area contributed by atoms with Gasteiger partial charge in [0.05, 0.1) is 15.7 Å². The third-order valence-electron chi connectivity index (χ3n) is 3.50. The van der Waals surface area contributed by atoms with E-state index in [1.165, 1.54) is 0 Å². The van der Waals surface area contributed by atoms with E-state index in [0.717, 1.165) is 12.8 Å². The Morgan fingerprint density at radius 1 is 1.27 bits per heavy atom. The van der Waals surface area contributed by atoms with E-state index in [1.54, 1.807) is 44.0 Å². The molecule has 0 radical (unpaired) electrons. The van der Waals surface area contributed by atoms with E-state index in [2.05, 4.69) is 12.2 Å². The van der Waals surface area contributed by atoms with Crippen molar-refractivity contribution in [3.8, 4) is 0 Å². The van der Waals surface area contributed by atoms with Crippen LogP contribution in [0.4, 0.5) is 5.69 Å². The first-order valence-electron chi connectivity index (χ1n) is 7.22. The zero-order valence-corrected chi connectivity index (χ0v) is 14.9. The number of unbranched alkanes of at least 4 members (excludes halogenated alkanes) is 1. The lowest BCUT2D eigenvalue weighted by atomic mass is 9.90. The number of carbonyl (C=O) groups excluding carboxylic acids is 2. The predicted octanol–water partition coefficient (Wildman–Crippen LogP) is 4.22. The molecule has 0 aliphatic carbocycles. The molecule has 0 spiro atoms. The second-order valence-corrected chi connectivity index (χ2v) is 6.55. The summed E-state index contributed by atoms with van der Waals surface area (Å²) in [5.74, 6) is -0.637. The van der Waals surface area contributed by atoms with Gasteiger partial charge in [-0.25, -0.2) is 0 Å². The van der Waals surface area contributed by atoms with Gasteiger partial charge < -0.3 is 10.2 Å². The minimum absolute atomic E-state index is 0.225. The Hall–Kier alpha value is -1.26. The van der Waals surface area contributed by atoms with E-state index in [-0.39, 0.29) is 10.9 Å². The highest BCUT2D eigenvalue weighted by Crippen LogP contribution is 2.31. The summed E-state index contributed by atoms with van der Waals surface area (Å²) in [5.41, 5.74) is -0.787. The number of benzene rings is 1. The minimum Gasteiger partial charge on any atom is -0.345 e. The van der Waals surface area contributed by atoms with Crippen molar-refractivity contribution in [1.29, 1.82) is 0 Å². The second-order valence-electron chi connectivity index (χ2n) is 5.76. The van der Waals surface area contributed by atoms with E-state index in [9.17, 15) is 9.59 Å². The third kappa shape index (κ3) is 4.37. The van der Waals surface area contributed by atoms with Gasteiger partial charge in [-0.05, 0) is 32.4 Å². The average Bonchev–Trinajstić information content (AvgIpc) is 2.48. The molecule has 0 bridgehead atoms. The molecule has 0 aliphatic heterocycles. The molecule has 0 unspecified atom stereocenters. The molecule has 1 aromatic rings. The fourth-order valence-electron chi connectivity index (χ4n) is 1.95. The number of amides is 2. The largest absolute Gasteiger partial charge is 0.345 e. The minimum atomic E-state index is -1.19. The topological polar surface area (TPSA) is 49.4 Å². The number of hydrogen-bond donors (Lipinski definition) is 1. The van der Waals surface area contributed by atoms with Crippen molar-refractivity contribution >= 4 is 40.7 Å². The summed E-state index contributed by atoms with van der Waals surface area (Å²) in [6, 6.07) is 4.97. The van der Waals surface area contributed by atoms with Crippen molar-refractivity contribution in [2.45, 2.75) is 33.6 Å². The van der Waals surface area contributed by atoms with Crippen molar-refractivity contribution < 1.29 is 9.59 Å². The number of carbonyl (C=O) groups is 2. The van der Waals surface area contributed by atoms with Gasteiger partial charge in [0.25, 0.3) is 0 Å². The highest BCUT2D eigenvalue weighted by molar-refractivity contribution is 6.44. The normalized spacial score (nSPS) is 11.2. The van der Waals surface area contributed by atoms with Crippen LogP contribution in [0.2, 0.25) is 10.0 Å². The summed E-state index contributed by atoms with van der Waals surface area (Å²) in [7, 11) is 1.71. The third-order valence-corrected chi connectivity index (χ3v) is 4.31. The Morgan fingerprint density at radius 3 is 2.50 bits per heavy atom. The maximum absolute atomic E-state index is 12.5. The maximum Gasteiger partial charge on any atom is 0.239 e. The average molecular weight is 345 g/mol. The molecule has 0 atom stereocenters. The second kappa shape index (κ2) is 7.84. The van der Waals surface area contributed by atoms with E-state index < -0.39 is 11.3 Å². The van der Waals surface area contributed by atoms with Crippen LogP contribution in [0.5, 0.6) is 0 Å². The van der Waals surface area contributed by atoms with Crippen LogP contribution >= 0.6 is 23.2 Å². The van der Waals surface area contributed by atoms with Gasteiger partial charge in [-0.15, -0.1) is 0 Å². The summed E-state index contributed by atoms with van der Waals surface area (Å²) in [4.78, 5) is 26.5. The van der Waals surface area contributed by atoms with Crippen LogP contribution in [0.25, 0.3) is 0 Å². The summed E-state index contributed by atoms with van der Waals surface area (Å²) >= 11 is 12.0. The van der Waals surface area contributed by atoms with Gasteiger partial charge >= 0.3 is 0 Å². The molecular formula is C16H22Cl2N2O2. The van der Waals surface area contributed by atoms with Crippen LogP contribution in [0, 0.1) is 5.41 Å². The van der Waals surface area contributed by atoms with E-state index >= 15 is 0 Å². The standard InChI is InChI=1S/C16H22Cl2N2O2/c1-5-6-10-20(4)15(22)16(2,3)14(21)19-12-9-7-8-11(17)13(12)18/h7-9H,5-6,10H2,1-4H3,(H,19,21). The molecule has 122 valence electrons. The van der Waals surface area contributed by atoms with E-state index in [0.29, 0.717) is 17.3 Å². The van der Waals surface area contributed by atoms with Crippen LogP contribution in [-0.2, 0) is 9.59 Å². The SMILES string of the molecule is CCCCN(C)C(=O)C(C)(C)C(=O)Nc1cccc(Cl)c1Cl. The van der Waals surface area contributed by atoms with Crippen LogP contribution in [0.15, 0.2) is 18.2 Å². The highest BCUT2D eigenvalue weighted by Gasteiger charge is 2.38. The monoisotopic (exact) mass is 344 g/mol. The van der Waals surface area contributed by atoms with E-state index in [1.807, 2.05) is 0 Å². The summed E-state index contributed by atoms with van der Waals surface area (Å²) in [6.45, 7) is 5.89. The quantitative estimate of drug-likeness (QED) is 0.785. The van der Waals surface area contributed by atoms with Crippen molar-refractivity contribution in [3.63, 3.8) is 0 Å². The van der Waals surface area contributed by atoms with Crippen LogP contribution in [0.1, 0.15) is 33.6 Å². The number of nitrogens with one attached hydrogen (secondary N) is 1. The van der Waals surface area contributed by atoms with Crippen molar-refractivity contribution in [1.82, 2.24) is 4.90 Å². The fourth-order valence-corrected chi connectivity index (χ4v) is 2.30. The van der Waals surface area contributed by atoms with Gasteiger partial charge in [-0.3, -0.25) is 9.59 Å². The summed E-state index contributed by atoms with van der Waals surface area (Å²) in [6.07, 6.45) is 1.89. The van der Waals surface area contributed by atoms with Gasteiger partial charge in [-0.1, -0.05) is 42.6 Å². The lowest BCUT2D eigenvalue weighted by Gasteiger charge is -2.28. The molecule has 0 saturated carbocycles. The van der Waals surface area contributed by atoms with E-state index in [4.69, 9.17) is 23.2 Å².